The van der Waals surface area contributed by atoms with Crippen molar-refractivity contribution in [3.63, 3.8) is 0 Å². The molecule has 6 nitrogen and oxygen atoms in total. The molecule has 0 spiro atoms. The van der Waals surface area contributed by atoms with Crippen LogP contribution in [-0.2, 0) is 19.5 Å². The van der Waals surface area contributed by atoms with Gasteiger partial charge in [0.15, 0.2) is 5.96 Å². The Hall–Kier alpha value is -2.37. The normalized spacial score (nSPS) is 15.3. The van der Waals surface area contributed by atoms with Crippen molar-refractivity contribution in [2.75, 3.05) is 13.6 Å². The molecule has 146 valence electrons. The Bertz CT molecular complexity index is 727. The second kappa shape index (κ2) is 9.53. The fourth-order valence-corrected chi connectivity index (χ4v) is 3.57. The maximum absolute atomic E-state index is 4.91. The highest BCUT2D eigenvalue weighted by Gasteiger charge is 2.18. The van der Waals surface area contributed by atoms with E-state index in [-0.39, 0.29) is 0 Å². The summed E-state index contributed by atoms with van der Waals surface area (Å²) < 4.78 is 2.09. The highest BCUT2D eigenvalue weighted by atomic mass is 15.3. The van der Waals surface area contributed by atoms with Gasteiger partial charge >= 0.3 is 0 Å². The molecule has 6 heteroatoms. The molecule has 1 aliphatic rings. The zero-order chi connectivity index (χ0) is 19.1. The number of aromatic nitrogens is 3. The van der Waals surface area contributed by atoms with Gasteiger partial charge in [-0.15, -0.1) is 10.2 Å². The molecule has 1 N–H and O–H groups in total. The number of rotatable bonds is 7. The highest BCUT2D eigenvalue weighted by molar-refractivity contribution is 5.80. The summed E-state index contributed by atoms with van der Waals surface area (Å²) in [5, 5.41) is 11.9. The monoisotopic (exact) mass is 368 g/mol. The lowest BCUT2D eigenvalue weighted by Gasteiger charge is -2.25. The van der Waals surface area contributed by atoms with Crippen molar-refractivity contribution < 1.29 is 0 Å². The van der Waals surface area contributed by atoms with Crippen molar-refractivity contribution in [2.45, 2.75) is 65.1 Å². The van der Waals surface area contributed by atoms with Gasteiger partial charge in [-0.05, 0) is 25.3 Å². The van der Waals surface area contributed by atoms with Crippen LogP contribution in [0.15, 0.2) is 35.6 Å². The van der Waals surface area contributed by atoms with Crippen molar-refractivity contribution in [3.05, 3.63) is 47.5 Å². The molecule has 1 heterocycles. The molecule has 0 aliphatic heterocycles. The average molecular weight is 369 g/mol. The SMILES string of the molecule is CCc1nncn1CCN=C(NC1CCCC1)N(C)Cc1ccc(C)cc1. The topological polar surface area (TPSA) is 58.3 Å². The number of benzene rings is 1. The van der Waals surface area contributed by atoms with Crippen molar-refractivity contribution in [1.82, 2.24) is 25.0 Å². The Morgan fingerprint density at radius 3 is 2.70 bits per heavy atom. The van der Waals surface area contributed by atoms with Crippen LogP contribution in [0, 0.1) is 6.92 Å². The predicted molar refractivity (Wildman–Crippen MR) is 110 cm³/mol. The van der Waals surface area contributed by atoms with Gasteiger partial charge in [-0.1, -0.05) is 49.6 Å². The zero-order valence-corrected chi connectivity index (χ0v) is 16.9. The average Bonchev–Trinajstić information content (AvgIpc) is 3.34. The third-order valence-corrected chi connectivity index (χ3v) is 5.20. The van der Waals surface area contributed by atoms with Gasteiger partial charge in [0.1, 0.15) is 12.2 Å². The number of hydrogen-bond donors (Lipinski definition) is 1. The first-order chi connectivity index (χ1) is 13.2. The fourth-order valence-electron chi connectivity index (χ4n) is 3.57. The first kappa shape index (κ1) is 19.4. The van der Waals surface area contributed by atoms with E-state index in [2.05, 4.69) is 70.1 Å². The maximum atomic E-state index is 4.91. The summed E-state index contributed by atoms with van der Waals surface area (Å²) >= 11 is 0. The molecule has 0 amide bonds. The minimum atomic E-state index is 0.547. The molecule has 3 rings (SSSR count). The van der Waals surface area contributed by atoms with E-state index in [1.54, 1.807) is 6.33 Å². The van der Waals surface area contributed by atoms with Gasteiger partial charge in [0.25, 0.3) is 0 Å². The Balaban J connectivity index is 1.65. The Labute approximate surface area is 162 Å². The summed E-state index contributed by atoms with van der Waals surface area (Å²) in [5.74, 6) is 2.01. The maximum Gasteiger partial charge on any atom is 0.194 e. The number of nitrogens with zero attached hydrogens (tertiary/aromatic N) is 5. The zero-order valence-electron chi connectivity index (χ0n) is 16.9. The van der Waals surface area contributed by atoms with Gasteiger partial charge < -0.3 is 14.8 Å². The minimum Gasteiger partial charge on any atom is -0.354 e. The molecular formula is C21H32N6. The fraction of sp³-hybridized carbons (Fsp3) is 0.571. The van der Waals surface area contributed by atoms with Crippen LogP contribution >= 0.6 is 0 Å². The molecule has 0 saturated heterocycles. The molecule has 1 aromatic carbocycles. The number of aliphatic imine (C=N–C) groups is 1. The molecule has 1 aliphatic carbocycles. The summed E-state index contributed by atoms with van der Waals surface area (Å²) in [6.07, 6.45) is 7.80. The van der Waals surface area contributed by atoms with Gasteiger partial charge in [-0.2, -0.15) is 0 Å². The first-order valence-corrected chi connectivity index (χ1v) is 10.1. The lowest BCUT2D eigenvalue weighted by molar-refractivity contribution is 0.456. The standard InChI is InChI=1S/C21H32N6/c1-4-20-25-23-16-27(20)14-13-22-21(24-19-7-5-6-8-19)26(3)15-18-11-9-17(2)10-12-18/h9-12,16,19H,4-8,13-15H2,1-3H3,(H,22,24). The van der Waals surface area contributed by atoms with E-state index in [0.717, 1.165) is 37.8 Å². The predicted octanol–water partition coefficient (Wildman–Crippen LogP) is 3.17. The van der Waals surface area contributed by atoms with Crippen LogP contribution in [-0.4, -0.2) is 45.3 Å². The lowest BCUT2D eigenvalue weighted by atomic mass is 10.1. The summed E-state index contributed by atoms with van der Waals surface area (Å²) in [5.41, 5.74) is 2.59. The molecule has 0 radical (unpaired) electrons. The Morgan fingerprint density at radius 1 is 1.26 bits per heavy atom. The van der Waals surface area contributed by atoms with Gasteiger partial charge in [-0.3, -0.25) is 4.99 Å². The quantitative estimate of drug-likeness (QED) is 0.602. The third kappa shape index (κ3) is 5.55. The molecule has 1 fully saturated rings. The molecular weight excluding hydrogens is 336 g/mol. The van der Waals surface area contributed by atoms with E-state index in [0.29, 0.717) is 6.04 Å². The van der Waals surface area contributed by atoms with Crippen LogP contribution in [0.3, 0.4) is 0 Å². The van der Waals surface area contributed by atoms with Crippen molar-refractivity contribution in [2.24, 2.45) is 4.99 Å². The molecule has 1 saturated carbocycles. The second-order valence-electron chi connectivity index (χ2n) is 7.47. The smallest absolute Gasteiger partial charge is 0.194 e. The lowest BCUT2D eigenvalue weighted by Crippen LogP contribution is -2.43. The van der Waals surface area contributed by atoms with E-state index in [4.69, 9.17) is 4.99 Å². The number of aryl methyl sites for hydroxylation is 2. The Kier molecular flexibility index (Phi) is 6.85. The minimum absolute atomic E-state index is 0.547. The number of nitrogens with one attached hydrogen (secondary N) is 1. The van der Waals surface area contributed by atoms with Crippen LogP contribution in [0.25, 0.3) is 0 Å². The number of hydrogen-bond acceptors (Lipinski definition) is 3. The van der Waals surface area contributed by atoms with Crippen molar-refractivity contribution >= 4 is 5.96 Å². The van der Waals surface area contributed by atoms with Gasteiger partial charge in [0, 0.05) is 32.6 Å². The van der Waals surface area contributed by atoms with Gasteiger partial charge in [0.05, 0.1) is 6.54 Å². The van der Waals surface area contributed by atoms with E-state index in [1.807, 2.05) is 0 Å². The van der Waals surface area contributed by atoms with Crippen LogP contribution in [0.4, 0.5) is 0 Å². The molecule has 0 atom stereocenters. The largest absolute Gasteiger partial charge is 0.354 e. The van der Waals surface area contributed by atoms with E-state index in [9.17, 15) is 0 Å². The number of guanidine groups is 1. The van der Waals surface area contributed by atoms with Gasteiger partial charge in [0.2, 0.25) is 0 Å². The second-order valence-corrected chi connectivity index (χ2v) is 7.47. The van der Waals surface area contributed by atoms with E-state index in [1.165, 1.54) is 36.8 Å². The first-order valence-electron chi connectivity index (χ1n) is 10.1. The van der Waals surface area contributed by atoms with Crippen LogP contribution in [0.1, 0.15) is 49.6 Å². The molecule has 0 bridgehead atoms. The van der Waals surface area contributed by atoms with Gasteiger partial charge in [-0.25, -0.2) is 0 Å². The molecule has 0 unspecified atom stereocenters. The summed E-state index contributed by atoms with van der Waals surface area (Å²) in [6.45, 7) is 6.61. The summed E-state index contributed by atoms with van der Waals surface area (Å²) in [4.78, 5) is 7.14. The van der Waals surface area contributed by atoms with Crippen LogP contribution in [0.5, 0.6) is 0 Å². The van der Waals surface area contributed by atoms with Crippen molar-refractivity contribution in [3.8, 4) is 0 Å². The molecule has 27 heavy (non-hydrogen) atoms. The third-order valence-electron chi connectivity index (χ3n) is 5.20. The molecule has 2 aromatic rings. The summed E-state index contributed by atoms with van der Waals surface area (Å²) in [6, 6.07) is 9.28. The van der Waals surface area contributed by atoms with E-state index >= 15 is 0 Å². The van der Waals surface area contributed by atoms with Crippen LogP contribution in [0.2, 0.25) is 0 Å². The Morgan fingerprint density at radius 2 is 2.00 bits per heavy atom. The van der Waals surface area contributed by atoms with Crippen molar-refractivity contribution in [1.29, 1.82) is 0 Å². The van der Waals surface area contributed by atoms with Crippen LogP contribution < -0.4 is 5.32 Å². The molecule has 1 aromatic heterocycles. The van der Waals surface area contributed by atoms with E-state index < -0.39 is 0 Å². The highest BCUT2D eigenvalue weighted by Crippen LogP contribution is 2.18. The summed E-state index contributed by atoms with van der Waals surface area (Å²) in [7, 11) is 2.12.